The number of aryl methyl sites for hydroxylation is 1. The van der Waals surface area contributed by atoms with Gasteiger partial charge in [0.2, 0.25) is 0 Å². The van der Waals surface area contributed by atoms with Crippen LogP contribution in [0.25, 0.3) is 0 Å². The molecule has 0 radical (unpaired) electrons. The van der Waals surface area contributed by atoms with Crippen LogP contribution in [0.3, 0.4) is 0 Å². The molecular formula is C7H11ClN2. The zero-order valence-electron chi connectivity index (χ0n) is 5.83. The molecule has 3 heteroatoms. The summed E-state index contributed by atoms with van der Waals surface area (Å²) in [5.41, 5.74) is 0. The Morgan fingerprint density at radius 2 is 2.30 bits per heavy atom. The number of unbranched alkanes of at least 4 members (excludes halogenated alkanes) is 1. The van der Waals surface area contributed by atoms with E-state index in [0.29, 0.717) is 0 Å². The number of hydrogen-bond acceptors (Lipinski definition) is 1. The van der Waals surface area contributed by atoms with E-state index >= 15 is 0 Å². The van der Waals surface area contributed by atoms with Gasteiger partial charge in [0, 0.05) is 24.8 Å². The van der Waals surface area contributed by atoms with E-state index in [9.17, 15) is 0 Å². The molecule has 2 nitrogen and oxygen atoms in total. The highest BCUT2D eigenvalue weighted by Gasteiger charge is 1.88. The fourth-order valence-corrected chi connectivity index (χ4v) is 0.990. The van der Waals surface area contributed by atoms with E-state index in [1.165, 1.54) is 0 Å². The summed E-state index contributed by atoms with van der Waals surface area (Å²) in [5, 5.41) is 4.06. The molecule has 1 rings (SSSR count). The largest absolute Gasteiger partial charge is 0.273 e. The Hall–Kier alpha value is -0.500. The molecule has 0 spiro atoms. The summed E-state index contributed by atoms with van der Waals surface area (Å²) in [6, 6.07) is 1.93. The molecule has 0 aliphatic carbocycles. The second-order valence-corrected chi connectivity index (χ2v) is 2.54. The standard InChI is InChI=1S/C7H11ClN2/c8-4-1-2-6-10-7-3-5-9-10/h3,5,7H,1-2,4,6H2. The van der Waals surface area contributed by atoms with Crippen molar-refractivity contribution < 1.29 is 0 Å². The van der Waals surface area contributed by atoms with Gasteiger partial charge in [-0.2, -0.15) is 5.10 Å². The Morgan fingerprint density at radius 3 is 2.90 bits per heavy atom. The molecule has 0 saturated carbocycles. The van der Waals surface area contributed by atoms with Crippen LogP contribution in [-0.2, 0) is 6.54 Å². The first kappa shape index (κ1) is 7.61. The highest BCUT2D eigenvalue weighted by Crippen LogP contribution is 1.95. The summed E-state index contributed by atoms with van der Waals surface area (Å²) in [5.74, 6) is 0.751. The maximum atomic E-state index is 5.51. The molecule has 0 unspecified atom stereocenters. The van der Waals surface area contributed by atoms with Gasteiger partial charge in [-0.05, 0) is 18.9 Å². The molecule has 1 aromatic rings. The van der Waals surface area contributed by atoms with Gasteiger partial charge >= 0.3 is 0 Å². The fraction of sp³-hybridized carbons (Fsp3) is 0.571. The third-order valence-electron chi connectivity index (χ3n) is 1.33. The lowest BCUT2D eigenvalue weighted by Crippen LogP contribution is -1.97. The molecule has 0 aliphatic rings. The Balaban J connectivity index is 2.15. The molecule has 56 valence electrons. The van der Waals surface area contributed by atoms with Crippen LogP contribution in [0.4, 0.5) is 0 Å². The van der Waals surface area contributed by atoms with Crippen molar-refractivity contribution in [3.63, 3.8) is 0 Å². The number of rotatable bonds is 4. The number of aromatic nitrogens is 2. The molecule has 0 amide bonds. The summed E-state index contributed by atoms with van der Waals surface area (Å²) in [7, 11) is 0. The second-order valence-electron chi connectivity index (χ2n) is 2.17. The van der Waals surface area contributed by atoms with Gasteiger partial charge in [0.25, 0.3) is 0 Å². The van der Waals surface area contributed by atoms with Crippen molar-refractivity contribution in [3.8, 4) is 0 Å². The zero-order valence-corrected chi connectivity index (χ0v) is 6.59. The van der Waals surface area contributed by atoms with Crippen LogP contribution in [0.15, 0.2) is 18.5 Å². The molecule has 0 aliphatic heterocycles. The minimum atomic E-state index is 0.751. The quantitative estimate of drug-likeness (QED) is 0.484. The van der Waals surface area contributed by atoms with Gasteiger partial charge in [-0.25, -0.2) is 0 Å². The second kappa shape index (κ2) is 4.34. The minimum Gasteiger partial charge on any atom is -0.273 e. The molecule has 0 aromatic carbocycles. The van der Waals surface area contributed by atoms with Gasteiger partial charge < -0.3 is 0 Å². The van der Waals surface area contributed by atoms with Crippen molar-refractivity contribution in [1.82, 2.24) is 9.78 Å². The molecule has 1 heterocycles. The van der Waals surface area contributed by atoms with E-state index in [1.807, 2.05) is 16.9 Å². The highest BCUT2D eigenvalue weighted by molar-refractivity contribution is 6.17. The van der Waals surface area contributed by atoms with Crippen LogP contribution in [0.5, 0.6) is 0 Å². The van der Waals surface area contributed by atoms with Gasteiger partial charge in [-0.15, -0.1) is 11.6 Å². The predicted octanol–water partition coefficient (Wildman–Crippen LogP) is 1.90. The first-order valence-corrected chi connectivity index (χ1v) is 4.00. The van der Waals surface area contributed by atoms with E-state index in [-0.39, 0.29) is 0 Å². The fourth-order valence-electron chi connectivity index (χ4n) is 0.801. The van der Waals surface area contributed by atoms with Crippen LogP contribution in [0.2, 0.25) is 0 Å². The molecule has 0 atom stereocenters. The van der Waals surface area contributed by atoms with E-state index in [0.717, 1.165) is 25.3 Å². The van der Waals surface area contributed by atoms with E-state index in [1.54, 1.807) is 6.20 Å². The number of alkyl halides is 1. The third kappa shape index (κ3) is 2.40. The lowest BCUT2D eigenvalue weighted by atomic mass is 10.3. The average molecular weight is 159 g/mol. The molecule has 10 heavy (non-hydrogen) atoms. The summed E-state index contributed by atoms with van der Waals surface area (Å²) in [6.07, 6.45) is 5.95. The van der Waals surface area contributed by atoms with Crippen molar-refractivity contribution in [2.24, 2.45) is 0 Å². The van der Waals surface area contributed by atoms with Crippen LogP contribution in [0, 0.1) is 0 Å². The van der Waals surface area contributed by atoms with Gasteiger partial charge in [-0.1, -0.05) is 0 Å². The van der Waals surface area contributed by atoms with E-state index in [4.69, 9.17) is 11.6 Å². The Bertz CT molecular complexity index is 160. The maximum absolute atomic E-state index is 5.51. The van der Waals surface area contributed by atoms with Gasteiger partial charge in [0.1, 0.15) is 0 Å². The van der Waals surface area contributed by atoms with Crippen molar-refractivity contribution >= 4 is 11.6 Å². The lowest BCUT2D eigenvalue weighted by molar-refractivity contribution is 0.573. The summed E-state index contributed by atoms with van der Waals surface area (Å²) < 4.78 is 1.92. The molecule has 0 bridgehead atoms. The SMILES string of the molecule is ClCCCCn1cccn1. The zero-order chi connectivity index (χ0) is 7.23. The Morgan fingerprint density at radius 1 is 1.40 bits per heavy atom. The smallest absolute Gasteiger partial charge is 0.0489 e. The van der Waals surface area contributed by atoms with Crippen molar-refractivity contribution in [3.05, 3.63) is 18.5 Å². The van der Waals surface area contributed by atoms with Gasteiger partial charge in [0.15, 0.2) is 0 Å². The predicted molar refractivity (Wildman–Crippen MR) is 42.2 cm³/mol. The first-order chi connectivity index (χ1) is 4.93. The van der Waals surface area contributed by atoms with Crippen LogP contribution >= 0.6 is 11.6 Å². The molecule has 1 aromatic heterocycles. The molecular weight excluding hydrogens is 148 g/mol. The molecule has 0 N–H and O–H groups in total. The summed E-state index contributed by atoms with van der Waals surface area (Å²) in [4.78, 5) is 0. The topological polar surface area (TPSA) is 17.8 Å². The van der Waals surface area contributed by atoms with Crippen LogP contribution < -0.4 is 0 Å². The number of halogens is 1. The van der Waals surface area contributed by atoms with E-state index in [2.05, 4.69) is 5.10 Å². The average Bonchev–Trinajstić information content (AvgIpc) is 2.41. The summed E-state index contributed by atoms with van der Waals surface area (Å²) >= 11 is 5.51. The maximum Gasteiger partial charge on any atom is 0.0489 e. The van der Waals surface area contributed by atoms with Crippen LogP contribution in [-0.4, -0.2) is 15.7 Å². The number of nitrogens with zero attached hydrogens (tertiary/aromatic N) is 2. The molecule has 0 fully saturated rings. The molecule has 0 saturated heterocycles. The lowest BCUT2D eigenvalue weighted by Gasteiger charge is -1.97. The van der Waals surface area contributed by atoms with Gasteiger partial charge in [0.05, 0.1) is 0 Å². The monoisotopic (exact) mass is 158 g/mol. The minimum absolute atomic E-state index is 0.751. The van der Waals surface area contributed by atoms with Crippen LogP contribution in [0.1, 0.15) is 12.8 Å². The van der Waals surface area contributed by atoms with Crippen molar-refractivity contribution in [2.75, 3.05) is 5.88 Å². The Labute approximate surface area is 65.8 Å². The van der Waals surface area contributed by atoms with Crippen molar-refractivity contribution in [1.29, 1.82) is 0 Å². The third-order valence-corrected chi connectivity index (χ3v) is 1.60. The normalized spacial score (nSPS) is 10.1. The van der Waals surface area contributed by atoms with Crippen molar-refractivity contribution in [2.45, 2.75) is 19.4 Å². The number of hydrogen-bond donors (Lipinski definition) is 0. The first-order valence-electron chi connectivity index (χ1n) is 3.47. The van der Waals surface area contributed by atoms with E-state index < -0.39 is 0 Å². The van der Waals surface area contributed by atoms with Gasteiger partial charge in [-0.3, -0.25) is 4.68 Å². The highest BCUT2D eigenvalue weighted by atomic mass is 35.5. The Kier molecular flexibility index (Phi) is 3.30. The summed E-state index contributed by atoms with van der Waals surface area (Å²) in [6.45, 7) is 0.986.